The molecule has 42 heavy (non-hydrogen) atoms. The van der Waals surface area contributed by atoms with Crippen LogP contribution in [0.25, 0.3) is 0 Å². The van der Waals surface area contributed by atoms with E-state index in [0.29, 0.717) is 32.1 Å². The molecule has 0 saturated carbocycles. The Morgan fingerprint density at radius 3 is 2.21 bits per heavy atom. The third-order valence-electron chi connectivity index (χ3n) is 8.75. The maximum absolute atomic E-state index is 13.6. The van der Waals surface area contributed by atoms with E-state index in [0.717, 1.165) is 55.2 Å². The lowest BCUT2D eigenvalue weighted by atomic mass is 9.95. The fraction of sp³-hybridized carbons (Fsp3) is 0.433. The van der Waals surface area contributed by atoms with Gasteiger partial charge in [0.2, 0.25) is 11.8 Å². The molecule has 2 aromatic rings. The average molecular weight is 580 g/mol. The molecular formula is C30H31F2N5O5. The van der Waals surface area contributed by atoms with Gasteiger partial charge in [-0.15, -0.1) is 0 Å². The number of carbonyl (C=O) groups excluding carboxylic acids is 5. The largest absolute Gasteiger partial charge is 0.371 e. The summed E-state index contributed by atoms with van der Waals surface area (Å²) in [5.41, 5.74) is 1.55. The highest BCUT2D eigenvalue weighted by Gasteiger charge is 2.44. The number of anilines is 1. The Bertz CT molecular complexity index is 1470. The van der Waals surface area contributed by atoms with Crippen LogP contribution in [0.3, 0.4) is 0 Å². The highest BCUT2D eigenvalue weighted by atomic mass is 19.2. The third kappa shape index (κ3) is 5.26. The van der Waals surface area contributed by atoms with Crippen LogP contribution in [-0.4, -0.2) is 96.1 Å². The molecule has 10 nitrogen and oxygen atoms in total. The normalized spacial score (nSPS) is 22.0. The number of piperidine rings is 2. The number of amides is 5. The lowest BCUT2D eigenvalue weighted by Gasteiger charge is -2.39. The van der Waals surface area contributed by atoms with E-state index in [9.17, 15) is 32.8 Å². The summed E-state index contributed by atoms with van der Waals surface area (Å²) < 4.78 is 26.8. The number of piperazine rings is 1. The number of nitrogens with one attached hydrogen (secondary N) is 1. The molecule has 220 valence electrons. The second kappa shape index (κ2) is 11.2. The monoisotopic (exact) mass is 579 g/mol. The molecule has 0 bridgehead atoms. The van der Waals surface area contributed by atoms with Crippen molar-refractivity contribution in [2.24, 2.45) is 5.92 Å². The maximum atomic E-state index is 13.6. The van der Waals surface area contributed by atoms with Gasteiger partial charge in [-0.2, -0.15) is 0 Å². The number of fused-ring (bicyclic) bond motifs is 1. The molecule has 0 spiro atoms. The highest BCUT2D eigenvalue weighted by Crippen LogP contribution is 2.32. The molecule has 0 aromatic heterocycles. The molecule has 0 aliphatic carbocycles. The molecule has 0 radical (unpaired) electrons. The van der Waals surface area contributed by atoms with Crippen LogP contribution in [-0.2, 0) is 9.59 Å². The third-order valence-corrected chi connectivity index (χ3v) is 8.75. The van der Waals surface area contributed by atoms with Crippen LogP contribution in [0.2, 0.25) is 0 Å². The molecule has 1 N–H and O–H groups in total. The average Bonchev–Trinajstić information content (AvgIpc) is 3.23. The first-order valence-electron chi connectivity index (χ1n) is 14.3. The number of imide groups is 2. The zero-order valence-electron chi connectivity index (χ0n) is 23.0. The molecule has 6 rings (SSSR count). The first-order chi connectivity index (χ1) is 20.2. The summed E-state index contributed by atoms with van der Waals surface area (Å²) in [5, 5.41) is 2.21. The van der Waals surface area contributed by atoms with Crippen LogP contribution in [0, 0.1) is 17.6 Å². The van der Waals surface area contributed by atoms with Gasteiger partial charge in [0.15, 0.2) is 11.6 Å². The van der Waals surface area contributed by atoms with Gasteiger partial charge in [-0.1, -0.05) is 0 Å². The van der Waals surface area contributed by atoms with Crippen molar-refractivity contribution in [1.29, 1.82) is 0 Å². The van der Waals surface area contributed by atoms with Crippen molar-refractivity contribution in [3.05, 3.63) is 64.7 Å². The van der Waals surface area contributed by atoms with E-state index < -0.39 is 41.3 Å². The van der Waals surface area contributed by atoms with E-state index in [1.165, 1.54) is 6.07 Å². The summed E-state index contributed by atoms with van der Waals surface area (Å²) in [5.74, 6) is -3.88. The Hall–Kier alpha value is -4.19. The fourth-order valence-corrected chi connectivity index (χ4v) is 6.34. The minimum absolute atomic E-state index is 0.0784. The molecule has 4 aliphatic rings. The van der Waals surface area contributed by atoms with Gasteiger partial charge < -0.3 is 9.80 Å². The van der Waals surface area contributed by atoms with Crippen LogP contribution < -0.4 is 10.2 Å². The van der Waals surface area contributed by atoms with Crippen molar-refractivity contribution < 1.29 is 32.8 Å². The first-order valence-corrected chi connectivity index (χ1v) is 14.3. The fourth-order valence-electron chi connectivity index (χ4n) is 6.34. The van der Waals surface area contributed by atoms with Gasteiger partial charge in [0.05, 0.1) is 11.1 Å². The van der Waals surface area contributed by atoms with Crippen molar-refractivity contribution in [2.45, 2.75) is 31.7 Å². The quantitative estimate of drug-likeness (QED) is 0.540. The summed E-state index contributed by atoms with van der Waals surface area (Å²) in [6.45, 7) is 4.94. The Labute approximate surface area is 241 Å². The summed E-state index contributed by atoms with van der Waals surface area (Å²) in [4.78, 5) is 69.9. The van der Waals surface area contributed by atoms with Crippen LogP contribution >= 0.6 is 0 Å². The molecule has 12 heteroatoms. The summed E-state index contributed by atoms with van der Waals surface area (Å²) in [7, 11) is 0. The van der Waals surface area contributed by atoms with E-state index in [2.05, 4.69) is 15.1 Å². The number of carbonyl (C=O) groups is 5. The van der Waals surface area contributed by atoms with Crippen molar-refractivity contribution in [3.63, 3.8) is 0 Å². The summed E-state index contributed by atoms with van der Waals surface area (Å²) in [6.07, 6.45) is 2.09. The van der Waals surface area contributed by atoms with E-state index in [4.69, 9.17) is 0 Å². The number of hydrogen-bond donors (Lipinski definition) is 1. The van der Waals surface area contributed by atoms with Gasteiger partial charge >= 0.3 is 0 Å². The predicted octanol–water partition coefficient (Wildman–Crippen LogP) is 2.04. The highest BCUT2D eigenvalue weighted by molar-refractivity contribution is 6.23. The Balaban J connectivity index is 1.01. The zero-order valence-corrected chi connectivity index (χ0v) is 23.0. The molecule has 5 amide bonds. The molecule has 4 aliphatic heterocycles. The number of benzene rings is 2. The molecular weight excluding hydrogens is 548 g/mol. The molecule has 1 unspecified atom stereocenters. The molecule has 2 aromatic carbocycles. The topological polar surface area (TPSA) is 110 Å². The van der Waals surface area contributed by atoms with Crippen molar-refractivity contribution in [1.82, 2.24) is 20.0 Å². The second-order valence-corrected chi connectivity index (χ2v) is 11.3. The number of halogens is 2. The first kappa shape index (κ1) is 28.0. The zero-order chi connectivity index (χ0) is 29.5. The number of hydrogen-bond acceptors (Lipinski definition) is 7. The Morgan fingerprint density at radius 1 is 0.810 bits per heavy atom. The van der Waals surface area contributed by atoms with Crippen molar-refractivity contribution >= 4 is 35.2 Å². The molecule has 1 atom stereocenters. The van der Waals surface area contributed by atoms with Crippen LogP contribution in [0.1, 0.15) is 56.8 Å². The smallest absolute Gasteiger partial charge is 0.262 e. The van der Waals surface area contributed by atoms with Crippen LogP contribution in [0.5, 0.6) is 0 Å². The van der Waals surface area contributed by atoms with E-state index in [1.54, 1.807) is 17.0 Å². The van der Waals surface area contributed by atoms with Gasteiger partial charge in [0, 0.05) is 63.5 Å². The SMILES string of the molecule is O=C1CCC(N2C(=O)c3ccc(N4CCC(CN5CCN(C(=O)c6ccc(F)c(F)c6)CC5)CC4)cc3C2=O)C(=O)N1. The second-order valence-electron chi connectivity index (χ2n) is 11.3. The van der Waals surface area contributed by atoms with Crippen LogP contribution in [0.4, 0.5) is 14.5 Å². The van der Waals surface area contributed by atoms with Gasteiger partial charge in [0.1, 0.15) is 6.04 Å². The lowest BCUT2D eigenvalue weighted by Crippen LogP contribution is -2.54. The van der Waals surface area contributed by atoms with Gasteiger partial charge in [-0.3, -0.25) is 39.1 Å². The molecule has 3 saturated heterocycles. The summed E-state index contributed by atoms with van der Waals surface area (Å²) in [6, 6.07) is 7.45. The van der Waals surface area contributed by atoms with E-state index >= 15 is 0 Å². The van der Waals surface area contributed by atoms with Gasteiger partial charge in [-0.05, 0) is 61.6 Å². The maximum Gasteiger partial charge on any atom is 0.262 e. The predicted molar refractivity (Wildman–Crippen MR) is 147 cm³/mol. The lowest BCUT2D eigenvalue weighted by molar-refractivity contribution is -0.136. The standard InChI is InChI=1S/C30H31F2N5O5/c31-23-4-1-19(15-24(23)32)28(40)36-13-11-34(12-14-36)17-18-7-9-35(10-8-18)20-2-3-21-22(16-20)30(42)37(29(21)41)25-5-6-26(38)33-27(25)39/h1-4,15-16,18,25H,5-14,17H2,(H,33,38,39). The molecule has 3 fully saturated rings. The number of rotatable bonds is 5. The van der Waals surface area contributed by atoms with Crippen molar-refractivity contribution in [2.75, 3.05) is 50.7 Å². The molecule has 4 heterocycles. The number of nitrogens with zero attached hydrogens (tertiary/aromatic N) is 4. The minimum Gasteiger partial charge on any atom is -0.371 e. The Morgan fingerprint density at radius 2 is 1.52 bits per heavy atom. The van der Waals surface area contributed by atoms with Gasteiger partial charge in [0.25, 0.3) is 17.7 Å². The van der Waals surface area contributed by atoms with Crippen LogP contribution in [0.15, 0.2) is 36.4 Å². The minimum atomic E-state index is -1.03. The van der Waals surface area contributed by atoms with Gasteiger partial charge in [-0.25, -0.2) is 8.78 Å². The Kier molecular flexibility index (Phi) is 7.48. The van der Waals surface area contributed by atoms with Crippen molar-refractivity contribution in [3.8, 4) is 0 Å². The summed E-state index contributed by atoms with van der Waals surface area (Å²) >= 11 is 0. The van der Waals surface area contributed by atoms with E-state index in [1.807, 2.05) is 6.07 Å². The van der Waals surface area contributed by atoms with E-state index in [-0.39, 0.29) is 35.4 Å².